The van der Waals surface area contributed by atoms with Crippen LogP contribution in [0.15, 0.2) is 23.1 Å². The van der Waals surface area contributed by atoms with E-state index in [9.17, 15) is 5.26 Å². The molecule has 2 unspecified atom stereocenters. The van der Waals surface area contributed by atoms with Crippen molar-refractivity contribution in [1.29, 1.82) is 5.26 Å². The van der Waals surface area contributed by atoms with Gasteiger partial charge in [-0.05, 0) is 37.1 Å². The Morgan fingerprint density at radius 3 is 2.63 bits per heavy atom. The van der Waals surface area contributed by atoms with Crippen LogP contribution in [-0.4, -0.2) is 11.8 Å². The summed E-state index contributed by atoms with van der Waals surface area (Å²) in [7, 11) is 0. The quantitative estimate of drug-likeness (QED) is 0.719. The molecule has 1 N–H and O–H groups in total. The van der Waals surface area contributed by atoms with Crippen molar-refractivity contribution < 1.29 is 0 Å². The largest absolute Gasteiger partial charge is 0.381 e. The van der Waals surface area contributed by atoms with E-state index in [1.54, 1.807) is 11.8 Å². The smallest absolute Gasteiger partial charge is 0.102 e. The average Bonchev–Trinajstić information content (AvgIpc) is 2.39. The minimum absolute atomic E-state index is 0.393. The van der Waals surface area contributed by atoms with Gasteiger partial charge in [-0.3, -0.25) is 0 Å². The number of anilines is 1. The number of nitrogens with zero attached hydrogens (tertiary/aromatic N) is 1. The summed E-state index contributed by atoms with van der Waals surface area (Å²) in [6.07, 6.45) is 2.33. The van der Waals surface area contributed by atoms with Crippen LogP contribution in [0.25, 0.3) is 0 Å². The molecule has 0 spiro atoms. The maximum absolute atomic E-state index is 9.36. The molecule has 0 amide bonds. The molecule has 2 atom stereocenters. The number of benzene rings is 1. The van der Waals surface area contributed by atoms with Crippen LogP contribution < -0.4 is 5.32 Å². The van der Waals surface area contributed by atoms with E-state index in [4.69, 9.17) is 0 Å². The normalized spacial score (nSPS) is 13.6. The lowest BCUT2D eigenvalue weighted by atomic mass is 10.00. The summed E-state index contributed by atoms with van der Waals surface area (Å²) in [5, 5.41) is 12.9. The van der Waals surface area contributed by atoms with Crippen molar-refractivity contribution in [2.24, 2.45) is 5.92 Å². The SMILES string of the molecule is CCSc1cccc(NC(C)CC(C)CC)c1C#N. The number of nitrogens with one attached hydrogen (secondary N) is 1. The lowest BCUT2D eigenvalue weighted by Gasteiger charge is -2.20. The van der Waals surface area contributed by atoms with Gasteiger partial charge >= 0.3 is 0 Å². The summed E-state index contributed by atoms with van der Waals surface area (Å²) in [5.74, 6) is 1.70. The lowest BCUT2D eigenvalue weighted by molar-refractivity contribution is 0.484. The first-order valence-electron chi connectivity index (χ1n) is 7.04. The number of nitriles is 1. The van der Waals surface area contributed by atoms with E-state index < -0.39 is 0 Å². The van der Waals surface area contributed by atoms with E-state index in [-0.39, 0.29) is 0 Å². The topological polar surface area (TPSA) is 35.8 Å². The van der Waals surface area contributed by atoms with Crippen LogP contribution in [0.2, 0.25) is 0 Å². The van der Waals surface area contributed by atoms with Crippen LogP contribution >= 0.6 is 11.8 Å². The minimum atomic E-state index is 0.393. The molecule has 0 radical (unpaired) electrons. The zero-order valence-electron chi connectivity index (χ0n) is 12.4. The fourth-order valence-corrected chi connectivity index (χ4v) is 2.92. The second-order valence-corrected chi connectivity index (χ2v) is 6.32. The maximum atomic E-state index is 9.36. The molecule has 104 valence electrons. The van der Waals surface area contributed by atoms with Crippen molar-refractivity contribution in [3.8, 4) is 6.07 Å². The average molecular weight is 276 g/mol. The molecule has 0 aromatic heterocycles. The van der Waals surface area contributed by atoms with E-state index in [1.807, 2.05) is 18.2 Å². The van der Waals surface area contributed by atoms with E-state index in [0.717, 1.165) is 28.3 Å². The fraction of sp³-hybridized carbons (Fsp3) is 0.562. The predicted molar refractivity (Wildman–Crippen MR) is 84.7 cm³/mol. The fourth-order valence-electron chi connectivity index (χ4n) is 2.14. The zero-order valence-corrected chi connectivity index (χ0v) is 13.2. The molecule has 0 aliphatic carbocycles. The van der Waals surface area contributed by atoms with Gasteiger partial charge < -0.3 is 5.32 Å². The summed E-state index contributed by atoms with van der Waals surface area (Å²) in [5.41, 5.74) is 1.75. The van der Waals surface area contributed by atoms with Crippen molar-refractivity contribution >= 4 is 17.4 Å². The Morgan fingerprint density at radius 2 is 2.05 bits per heavy atom. The van der Waals surface area contributed by atoms with E-state index >= 15 is 0 Å². The maximum Gasteiger partial charge on any atom is 0.102 e. The van der Waals surface area contributed by atoms with E-state index in [2.05, 4.69) is 39.1 Å². The Bertz CT molecular complexity index is 437. The Balaban J connectivity index is 2.83. The molecule has 0 aliphatic rings. The van der Waals surface area contributed by atoms with Crippen molar-refractivity contribution in [3.05, 3.63) is 23.8 Å². The third kappa shape index (κ3) is 4.80. The Labute approximate surface area is 121 Å². The highest BCUT2D eigenvalue weighted by atomic mass is 32.2. The van der Waals surface area contributed by atoms with Gasteiger partial charge in [-0.2, -0.15) is 5.26 Å². The molecule has 0 saturated heterocycles. The molecule has 19 heavy (non-hydrogen) atoms. The first-order chi connectivity index (χ1) is 9.12. The third-order valence-electron chi connectivity index (χ3n) is 3.29. The van der Waals surface area contributed by atoms with E-state index in [1.165, 1.54) is 6.42 Å². The second kappa shape index (κ2) is 8.12. The molecule has 0 bridgehead atoms. The van der Waals surface area contributed by atoms with Gasteiger partial charge in [0.05, 0.1) is 11.3 Å². The van der Waals surface area contributed by atoms with Crippen LogP contribution in [0.5, 0.6) is 0 Å². The standard InChI is InChI=1S/C16H24N2S/c1-5-12(3)10-13(4)18-15-8-7-9-16(19-6-2)14(15)11-17/h7-9,12-13,18H,5-6,10H2,1-4H3. The Morgan fingerprint density at radius 1 is 1.32 bits per heavy atom. The van der Waals surface area contributed by atoms with Crippen LogP contribution in [0, 0.1) is 17.2 Å². The first kappa shape index (κ1) is 15.9. The second-order valence-electron chi connectivity index (χ2n) is 5.02. The summed E-state index contributed by atoms with van der Waals surface area (Å²) in [4.78, 5) is 1.07. The van der Waals surface area contributed by atoms with Gasteiger partial charge in [0.2, 0.25) is 0 Å². The monoisotopic (exact) mass is 276 g/mol. The van der Waals surface area contributed by atoms with Crippen molar-refractivity contribution in [2.75, 3.05) is 11.1 Å². The highest BCUT2D eigenvalue weighted by Crippen LogP contribution is 2.28. The van der Waals surface area contributed by atoms with Crippen LogP contribution in [0.3, 0.4) is 0 Å². The van der Waals surface area contributed by atoms with Gasteiger partial charge in [0, 0.05) is 10.9 Å². The minimum Gasteiger partial charge on any atom is -0.381 e. The Hall–Kier alpha value is -1.14. The summed E-state index contributed by atoms with van der Waals surface area (Å²) in [6, 6.07) is 8.79. The Kier molecular flexibility index (Phi) is 6.80. The lowest BCUT2D eigenvalue weighted by Crippen LogP contribution is -2.19. The highest BCUT2D eigenvalue weighted by molar-refractivity contribution is 7.99. The molecular formula is C16H24N2S. The highest BCUT2D eigenvalue weighted by Gasteiger charge is 2.12. The van der Waals surface area contributed by atoms with Gasteiger partial charge in [0.25, 0.3) is 0 Å². The molecule has 2 nitrogen and oxygen atoms in total. The van der Waals surface area contributed by atoms with Crippen molar-refractivity contribution in [2.45, 2.75) is 51.5 Å². The van der Waals surface area contributed by atoms with Gasteiger partial charge in [-0.25, -0.2) is 0 Å². The molecule has 3 heteroatoms. The number of hydrogen-bond acceptors (Lipinski definition) is 3. The molecule has 1 rings (SSSR count). The summed E-state index contributed by atoms with van der Waals surface area (Å²) < 4.78 is 0. The van der Waals surface area contributed by atoms with Crippen LogP contribution in [-0.2, 0) is 0 Å². The summed E-state index contributed by atoms with van der Waals surface area (Å²) >= 11 is 1.72. The molecule has 1 aromatic carbocycles. The van der Waals surface area contributed by atoms with Crippen LogP contribution in [0.4, 0.5) is 5.69 Å². The van der Waals surface area contributed by atoms with Gasteiger partial charge in [0.15, 0.2) is 0 Å². The summed E-state index contributed by atoms with van der Waals surface area (Å²) in [6.45, 7) is 8.79. The van der Waals surface area contributed by atoms with E-state index in [0.29, 0.717) is 12.0 Å². The van der Waals surface area contributed by atoms with Gasteiger partial charge in [0.1, 0.15) is 6.07 Å². The first-order valence-corrected chi connectivity index (χ1v) is 8.03. The van der Waals surface area contributed by atoms with Crippen molar-refractivity contribution in [1.82, 2.24) is 0 Å². The zero-order chi connectivity index (χ0) is 14.3. The molecule has 0 aliphatic heterocycles. The number of rotatable bonds is 7. The molecule has 0 heterocycles. The van der Waals surface area contributed by atoms with Crippen LogP contribution in [0.1, 0.15) is 46.1 Å². The van der Waals surface area contributed by atoms with Gasteiger partial charge in [-0.15, -0.1) is 11.8 Å². The molecule has 0 saturated carbocycles. The molecular weight excluding hydrogens is 252 g/mol. The molecule has 1 aromatic rings. The predicted octanol–water partition coefficient (Wildman–Crippen LogP) is 4.91. The number of hydrogen-bond donors (Lipinski definition) is 1. The third-order valence-corrected chi connectivity index (χ3v) is 4.23. The molecule has 0 fully saturated rings. The van der Waals surface area contributed by atoms with Gasteiger partial charge in [-0.1, -0.05) is 33.3 Å². The number of thioether (sulfide) groups is 1. The van der Waals surface area contributed by atoms with Crippen molar-refractivity contribution in [3.63, 3.8) is 0 Å².